The minimum atomic E-state index is -0.335. The average Bonchev–Trinajstić information content (AvgIpc) is 3.21. The summed E-state index contributed by atoms with van der Waals surface area (Å²) in [6.07, 6.45) is 4.28. The van der Waals surface area contributed by atoms with E-state index in [1.807, 2.05) is 36.4 Å². The van der Waals surface area contributed by atoms with Gasteiger partial charge < -0.3 is 10.0 Å². The molecule has 8 heteroatoms. The van der Waals surface area contributed by atoms with Gasteiger partial charge in [0.05, 0.1) is 18.1 Å². The van der Waals surface area contributed by atoms with E-state index in [2.05, 4.69) is 33.9 Å². The molecule has 2 heterocycles. The molecular formula is C22H22N6O2. The molecule has 0 radical (unpaired) electrons. The summed E-state index contributed by atoms with van der Waals surface area (Å²) in [4.78, 5) is 19.3. The van der Waals surface area contributed by atoms with E-state index in [0.717, 1.165) is 29.1 Å². The number of aromatic nitrogens is 4. The number of hydrogen-bond acceptors (Lipinski definition) is 6. The van der Waals surface area contributed by atoms with Gasteiger partial charge in [0.25, 0.3) is 5.56 Å². The van der Waals surface area contributed by atoms with Gasteiger partial charge in [-0.2, -0.15) is 14.9 Å². The van der Waals surface area contributed by atoms with Crippen molar-refractivity contribution < 1.29 is 5.11 Å². The first kappa shape index (κ1) is 19.4. The molecule has 8 nitrogen and oxygen atoms in total. The molecule has 0 atom stereocenters. The third kappa shape index (κ3) is 3.55. The summed E-state index contributed by atoms with van der Waals surface area (Å²) in [5, 5.41) is 19.2. The van der Waals surface area contributed by atoms with Crippen molar-refractivity contribution in [2.24, 2.45) is 5.10 Å². The normalized spacial score (nSPS) is 11.4. The number of nitrogens with zero attached hydrogens (tertiary/aromatic N) is 6. The molecule has 0 unspecified atom stereocenters. The van der Waals surface area contributed by atoms with Crippen molar-refractivity contribution in [3.8, 4) is 11.4 Å². The van der Waals surface area contributed by atoms with E-state index in [-0.39, 0.29) is 11.3 Å². The van der Waals surface area contributed by atoms with Crippen LogP contribution in [0.3, 0.4) is 0 Å². The molecule has 2 aromatic carbocycles. The van der Waals surface area contributed by atoms with Gasteiger partial charge in [-0.15, -0.1) is 0 Å². The van der Waals surface area contributed by atoms with E-state index in [9.17, 15) is 9.90 Å². The van der Waals surface area contributed by atoms with E-state index in [0.29, 0.717) is 16.6 Å². The molecule has 0 saturated heterocycles. The Labute approximate surface area is 173 Å². The number of para-hydroxylation sites is 1. The molecule has 0 amide bonds. The minimum Gasteiger partial charge on any atom is -0.507 e. The van der Waals surface area contributed by atoms with Crippen LogP contribution in [0.25, 0.3) is 16.7 Å². The first-order chi connectivity index (χ1) is 14.6. The van der Waals surface area contributed by atoms with Crippen molar-refractivity contribution in [3.05, 3.63) is 77.0 Å². The third-order valence-electron chi connectivity index (χ3n) is 4.94. The highest BCUT2D eigenvalue weighted by Gasteiger charge is 2.11. The van der Waals surface area contributed by atoms with Crippen molar-refractivity contribution >= 4 is 22.9 Å². The Hall–Kier alpha value is -3.94. The first-order valence-corrected chi connectivity index (χ1v) is 9.75. The van der Waals surface area contributed by atoms with Crippen molar-refractivity contribution in [2.45, 2.75) is 13.8 Å². The van der Waals surface area contributed by atoms with Gasteiger partial charge in [0.2, 0.25) is 0 Å². The summed E-state index contributed by atoms with van der Waals surface area (Å²) in [6.45, 7) is 5.82. The highest BCUT2D eigenvalue weighted by atomic mass is 16.3. The SMILES string of the molecule is CCN(CC)c1ccc(/C=N/n2cnc3c(cnn3-c3ccccc3)c2=O)c(O)c1. The van der Waals surface area contributed by atoms with Crippen molar-refractivity contribution in [3.63, 3.8) is 0 Å². The van der Waals surface area contributed by atoms with Crippen LogP contribution in [0.5, 0.6) is 5.75 Å². The molecule has 1 N–H and O–H groups in total. The number of aromatic hydroxyl groups is 1. The lowest BCUT2D eigenvalue weighted by atomic mass is 10.2. The topological polar surface area (TPSA) is 88.5 Å². The van der Waals surface area contributed by atoms with Crippen LogP contribution in [0.15, 0.2) is 71.0 Å². The second-order valence-corrected chi connectivity index (χ2v) is 6.68. The number of phenolic OH excluding ortho intramolecular Hbond substituents is 1. The Morgan fingerprint density at radius 3 is 2.60 bits per heavy atom. The number of rotatable bonds is 6. The lowest BCUT2D eigenvalue weighted by molar-refractivity contribution is 0.474. The lowest BCUT2D eigenvalue weighted by Crippen LogP contribution is -2.21. The summed E-state index contributed by atoms with van der Waals surface area (Å²) in [7, 11) is 0. The van der Waals surface area contributed by atoms with Gasteiger partial charge in [-0.05, 0) is 38.1 Å². The van der Waals surface area contributed by atoms with E-state index in [4.69, 9.17) is 0 Å². The molecule has 0 aliphatic carbocycles. The summed E-state index contributed by atoms with van der Waals surface area (Å²) >= 11 is 0. The Morgan fingerprint density at radius 2 is 1.90 bits per heavy atom. The van der Waals surface area contributed by atoms with Crippen molar-refractivity contribution in [1.82, 2.24) is 19.4 Å². The summed E-state index contributed by atoms with van der Waals surface area (Å²) in [6, 6.07) is 14.9. The van der Waals surface area contributed by atoms with Gasteiger partial charge in [0, 0.05) is 30.4 Å². The van der Waals surface area contributed by atoms with Gasteiger partial charge in [0.1, 0.15) is 17.5 Å². The van der Waals surface area contributed by atoms with E-state index in [1.165, 1.54) is 18.7 Å². The predicted molar refractivity (Wildman–Crippen MR) is 118 cm³/mol. The second kappa shape index (κ2) is 8.20. The highest BCUT2D eigenvalue weighted by Crippen LogP contribution is 2.23. The highest BCUT2D eigenvalue weighted by molar-refractivity contribution is 5.84. The van der Waals surface area contributed by atoms with Crippen LogP contribution in [-0.4, -0.2) is 43.9 Å². The first-order valence-electron chi connectivity index (χ1n) is 9.75. The van der Waals surface area contributed by atoms with Crippen LogP contribution in [-0.2, 0) is 0 Å². The fourth-order valence-electron chi connectivity index (χ4n) is 3.29. The van der Waals surface area contributed by atoms with Gasteiger partial charge in [-0.3, -0.25) is 4.79 Å². The van der Waals surface area contributed by atoms with Crippen LogP contribution < -0.4 is 10.5 Å². The van der Waals surface area contributed by atoms with Crippen LogP contribution in [0.2, 0.25) is 0 Å². The number of hydrogen-bond donors (Lipinski definition) is 1. The Morgan fingerprint density at radius 1 is 1.13 bits per heavy atom. The van der Waals surface area contributed by atoms with Crippen LogP contribution in [0, 0.1) is 0 Å². The molecule has 2 aromatic heterocycles. The van der Waals surface area contributed by atoms with Crippen molar-refractivity contribution in [2.75, 3.05) is 18.0 Å². The molecule has 0 saturated carbocycles. The lowest BCUT2D eigenvalue weighted by Gasteiger charge is -2.21. The van der Waals surface area contributed by atoms with Gasteiger partial charge in [0.15, 0.2) is 5.65 Å². The number of phenols is 1. The molecule has 4 rings (SSSR count). The maximum absolute atomic E-state index is 12.8. The zero-order chi connectivity index (χ0) is 21.1. The summed E-state index contributed by atoms with van der Waals surface area (Å²) in [5.74, 6) is 0.0992. The molecule has 4 aromatic rings. The second-order valence-electron chi connectivity index (χ2n) is 6.68. The van der Waals surface area contributed by atoms with E-state index >= 15 is 0 Å². The molecule has 0 spiro atoms. The van der Waals surface area contributed by atoms with Gasteiger partial charge in [-0.25, -0.2) is 9.67 Å². The number of anilines is 1. The average molecular weight is 402 g/mol. The number of benzene rings is 2. The fourth-order valence-corrected chi connectivity index (χ4v) is 3.29. The molecular weight excluding hydrogens is 380 g/mol. The zero-order valence-electron chi connectivity index (χ0n) is 16.8. The molecule has 152 valence electrons. The van der Waals surface area contributed by atoms with Crippen molar-refractivity contribution in [1.29, 1.82) is 0 Å². The van der Waals surface area contributed by atoms with E-state index < -0.39 is 0 Å². The maximum Gasteiger partial charge on any atom is 0.285 e. The van der Waals surface area contributed by atoms with Crippen LogP contribution >= 0.6 is 0 Å². The standard InChI is InChI=1S/C22H22N6O2/c1-3-26(4-2)18-11-10-16(20(29)12-18)13-24-27-15-23-21-19(22(27)30)14-25-28(21)17-8-6-5-7-9-17/h5-15,29H,3-4H2,1-2H3/b24-13+. The Bertz CT molecular complexity index is 1260. The molecule has 30 heavy (non-hydrogen) atoms. The maximum atomic E-state index is 12.8. The zero-order valence-corrected chi connectivity index (χ0v) is 16.8. The molecule has 0 bridgehead atoms. The molecule has 0 aliphatic rings. The minimum absolute atomic E-state index is 0.0992. The monoisotopic (exact) mass is 402 g/mol. The largest absolute Gasteiger partial charge is 0.507 e. The number of fused-ring (bicyclic) bond motifs is 1. The van der Waals surface area contributed by atoms with E-state index in [1.54, 1.807) is 16.8 Å². The van der Waals surface area contributed by atoms with Gasteiger partial charge in [-0.1, -0.05) is 18.2 Å². The summed E-state index contributed by atoms with van der Waals surface area (Å²) < 4.78 is 2.75. The quantitative estimate of drug-likeness (QED) is 0.501. The Balaban J connectivity index is 1.66. The fraction of sp³-hybridized carbons (Fsp3) is 0.182. The van der Waals surface area contributed by atoms with Crippen LogP contribution in [0.4, 0.5) is 5.69 Å². The smallest absolute Gasteiger partial charge is 0.285 e. The molecule has 0 aliphatic heterocycles. The Kier molecular flexibility index (Phi) is 5.30. The predicted octanol–water partition coefficient (Wildman–Crippen LogP) is 3.02. The van der Waals surface area contributed by atoms with Crippen LogP contribution in [0.1, 0.15) is 19.4 Å². The third-order valence-corrected chi connectivity index (χ3v) is 4.94. The summed E-state index contributed by atoms with van der Waals surface area (Å²) in [5.41, 5.74) is 2.39. The van der Waals surface area contributed by atoms with Gasteiger partial charge >= 0.3 is 0 Å². The molecule has 0 fully saturated rings.